The molecule has 0 heterocycles. The van der Waals surface area contributed by atoms with E-state index < -0.39 is 6.10 Å². The Hall–Kier alpha value is -1.85. The highest BCUT2D eigenvalue weighted by atomic mass is 16.6. The van der Waals surface area contributed by atoms with E-state index in [2.05, 4.69) is 32.9 Å². The fourth-order valence-electron chi connectivity index (χ4n) is 9.56. The van der Waals surface area contributed by atoms with Crippen LogP contribution in [-0.2, 0) is 28.6 Å². The Bertz CT molecular complexity index is 1070. The van der Waals surface area contributed by atoms with Gasteiger partial charge in [-0.2, -0.15) is 0 Å². The number of ether oxygens (including phenoxy) is 3. The molecule has 0 radical (unpaired) electrons. The van der Waals surface area contributed by atoms with E-state index in [9.17, 15) is 14.4 Å². The van der Waals surface area contributed by atoms with E-state index >= 15 is 0 Å². The van der Waals surface area contributed by atoms with Gasteiger partial charge in [0.05, 0.1) is 0 Å². The van der Waals surface area contributed by atoms with Crippen molar-refractivity contribution >= 4 is 17.9 Å². The maximum Gasteiger partial charge on any atom is 0.306 e. The van der Waals surface area contributed by atoms with Gasteiger partial charge in [-0.15, -0.1) is 0 Å². The van der Waals surface area contributed by atoms with E-state index in [1.165, 1.54) is 250 Å². The van der Waals surface area contributed by atoms with Gasteiger partial charge in [-0.1, -0.05) is 303 Å². The van der Waals surface area contributed by atoms with Gasteiger partial charge in [0.1, 0.15) is 13.2 Å². The van der Waals surface area contributed by atoms with Gasteiger partial charge >= 0.3 is 17.9 Å². The van der Waals surface area contributed by atoms with Crippen LogP contribution < -0.4 is 0 Å². The molecule has 6 nitrogen and oxygen atoms in total. The molecule has 408 valence electrons. The third-order valence-corrected chi connectivity index (χ3v) is 14.3. The molecule has 0 amide bonds. The van der Waals surface area contributed by atoms with E-state index in [0.29, 0.717) is 19.3 Å². The van der Waals surface area contributed by atoms with Crippen molar-refractivity contribution in [3.63, 3.8) is 0 Å². The Morgan fingerprint density at radius 1 is 0.275 bits per heavy atom. The number of esters is 3. The van der Waals surface area contributed by atoms with Crippen molar-refractivity contribution in [2.75, 3.05) is 13.2 Å². The summed E-state index contributed by atoms with van der Waals surface area (Å²) < 4.78 is 16.9. The van der Waals surface area contributed by atoms with Gasteiger partial charge in [0.25, 0.3) is 0 Å². The Balaban J connectivity index is 4.27. The number of hydrogen-bond acceptors (Lipinski definition) is 6. The smallest absolute Gasteiger partial charge is 0.306 e. The predicted octanol–water partition coefficient (Wildman–Crippen LogP) is 20.9. The van der Waals surface area contributed by atoms with Crippen LogP contribution in [0.15, 0.2) is 12.2 Å². The zero-order chi connectivity index (χ0) is 50.0. The predicted molar refractivity (Wildman–Crippen MR) is 298 cm³/mol. The zero-order valence-electron chi connectivity index (χ0n) is 46.9. The molecule has 0 aliphatic rings. The van der Waals surface area contributed by atoms with Crippen LogP contribution in [0, 0.1) is 0 Å². The first-order chi connectivity index (χ1) is 34.0. The number of unbranched alkanes of at least 4 members (excludes halogenated alkanes) is 45. The van der Waals surface area contributed by atoms with Gasteiger partial charge < -0.3 is 14.2 Å². The minimum absolute atomic E-state index is 0.0662. The van der Waals surface area contributed by atoms with Gasteiger partial charge in [-0.3, -0.25) is 14.4 Å². The monoisotopic (exact) mass is 973 g/mol. The fourth-order valence-corrected chi connectivity index (χ4v) is 9.56. The quantitative estimate of drug-likeness (QED) is 0.0261. The minimum atomic E-state index is -0.768. The lowest BCUT2D eigenvalue weighted by Gasteiger charge is -2.18. The number of carbonyl (C=O) groups excluding carboxylic acids is 3. The summed E-state index contributed by atoms with van der Waals surface area (Å²) in [5.41, 5.74) is 0. The molecular weight excluding hydrogens is 853 g/mol. The van der Waals surface area contributed by atoms with Crippen molar-refractivity contribution in [2.24, 2.45) is 0 Å². The molecule has 1 atom stereocenters. The Kier molecular flexibility index (Phi) is 57.1. The first-order valence-electron chi connectivity index (χ1n) is 31.2. The number of hydrogen-bond donors (Lipinski definition) is 0. The summed E-state index contributed by atoms with van der Waals surface area (Å²) in [5, 5.41) is 0. The molecule has 0 aliphatic carbocycles. The summed E-state index contributed by atoms with van der Waals surface area (Å²) in [6.07, 6.45) is 67.8. The first kappa shape index (κ1) is 67.1. The molecule has 0 aliphatic heterocycles. The second kappa shape index (κ2) is 58.7. The highest BCUT2D eigenvalue weighted by Gasteiger charge is 2.19. The molecule has 0 aromatic rings. The van der Waals surface area contributed by atoms with Crippen LogP contribution in [0.1, 0.15) is 355 Å². The third-order valence-electron chi connectivity index (χ3n) is 14.3. The summed E-state index contributed by atoms with van der Waals surface area (Å²) in [6.45, 7) is 6.69. The van der Waals surface area contributed by atoms with Crippen molar-refractivity contribution in [1.29, 1.82) is 0 Å². The molecule has 0 rings (SSSR count). The van der Waals surface area contributed by atoms with Crippen LogP contribution >= 0.6 is 0 Å². The molecule has 0 aromatic carbocycles. The maximum absolute atomic E-state index is 12.9. The molecular formula is C63H120O6. The zero-order valence-corrected chi connectivity index (χ0v) is 46.9. The largest absolute Gasteiger partial charge is 0.462 e. The summed E-state index contributed by atoms with van der Waals surface area (Å²) in [5.74, 6) is -0.847. The summed E-state index contributed by atoms with van der Waals surface area (Å²) in [6, 6.07) is 0. The van der Waals surface area contributed by atoms with Crippen LogP contribution in [0.3, 0.4) is 0 Å². The van der Waals surface area contributed by atoms with E-state index in [0.717, 1.165) is 64.2 Å². The number of rotatable bonds is 58. The van der Waals surface area contributed by atoms with Crippen molar-refractivity contribution < 1.29 is 28.6 Å². The Morgan fingerprint density at radius 2 is 0.478 bits per heavy atom. The van der Waals surface area contributed by atoms with E-state index in [1.54, 1.807) is 0 Å². The van der Waals surface area contributed by atoms with E-state index in [-0.39, 0.29) is 31.1 Å². The Labute approximate surface area is 431 Å². The lowest BCUT2D eigenvalue weighted by atomic mass is 10.0. The van der Waals surface area contributed by atoms with E-state index in [1.807, 2.05) is 0 Å². The molecule has 0 N–H and O–H groups in total. The van der Waals surface area contributed by atoms with Crippen molar-refractivity contribution in [3.8, 4) is 0 Å². The van der Waals surface area contributed by atoms with Crippen molar-refractivity contribution in [1.82, 2.24) is 0 Å². The third kappa shape index (κ3) is 56.9. The van der Waals surface area contributed by atoms with E-state index in [4.69, 9.17) is 14.2 Å². The average Bonchev–Trinajstić information content (AvgIpc) is 3.35. The second-order valence-corrected chi connectivity index (χ2v) is 21.3. The SMILES string of the molecule is CCCCCC/C=C\CCCCCCCC(=O)OC[C@H](COC(=O)CCCCCCCCCCCCCCCCCCC)OC(=O)CCCCCCCCCCCCCCCCCCCCCCC. The van der Waals surface area contributed by atoms with Gasteiger partial charge in [-0.25, -0.2) is 0 Å². The lowest BCUT2D eigenvalue weighted by Crippen LogP contribution is -2.30. The first-order valence-corrected chi connectivity index (χ1v) is 31.2. The standard InChI is InChI=1S/C63H120O6/c1-4-7-10-13-16-19-22-25-27-29-30-31-32-34-36-39-42-45-48-51-54-57-63(66)69-60(58-67-61(64)55-52-49-46-43-40-37-24-21-18-15-12-9-6-3)59-68-62(65)56-53-50-47-44-41-38-35-33-28-26-23-20-17-14-11-8-5-2/h21,24,60H,4-20,22-23,25-59H2,1-3H3/b24-21-/t60-/m1/s1. The summed E-state index contributed by atoms with van der Waals surface area (Å²) in [7, 11) is 0. The summed E-state index contributed by atoms with van der Waals surface area (Å²) in [4.78, 5) is 38.2. The topological polar surface area (TPSA) is 78.9 Å². The molecule has 6 heteroatoms. The average molecular weight is 974 g/mol. The molecule has 0 aromatic heterocycles. The highest BCUT2D eigenvalue weighted by Crippen LogP contribution is 2.18. The molecule has 0 fully saturated rings. The minimum Gasteiger partial charge on any atom is -0.462 e. The summed E-state index contributed by atoms with van der Waals surface area (Å²) >= 11 is 0. The van der Waals surface area contributed by atoms with Gasteiger partial charge in [0.15, 0.2) is 6.10 Å². The normalized spacial score (nSPS) is 12.0. The maximum atomic E-state index is 12.9. The second-order valence-electron chi connectivity index (χ2n) is 21.3. The molecule has 69 heavy (non-hydrogen) atoms. The van der Waals surface area contributed by atoms with Crippen LogP contribution in [0.25, 0.3) is 0 Å². The van der Waals surface area contributed by atoms with Gasteiger partial charge in [0, 0.05) is 19.3 Å². The van der Waals surface area contributed by atoms with Crippen LogP contribution in [0.5, 0.6) is 0 Å². The molecule has 0 saturated carbocycles. The molecule has 0 bridgehead atoms. The molecule has 0 spiro atoms. The van der Waals surface area contributed by atoms with Gasteiger partial charge in [-0.05, 0) is 44.9 Å². The molecule has 0 unspecified atom stereocenters. The van der Waals surface area contributed by atoms with Crippen LogP contribution in [-0.4, -0.2) is 37.2 Å². The van der Waals surface area contributed by atoms with Crippen molar-refractivity contribution in [2.45, 2.75) is 361 Å². The molecule has 0 saturated heterocycles. The Morgan fingerprint density at radius 3 is 0.739 bits per heavy atom. The van der Waals surface area contributed by atoms with Crippen LogP contribution in [0.4, 0.5) is 0 Å². The number of carbonyl (C=O) groups is 3. The number of allylic oxidation sites excluding steroid dienone is 2. The van der Waals surface area contributed by atoms with Crippen LogP contribution in [0.2, 0.25) is 0 Å². The fraction of sp³-hybridized carbons (Fsp3) is 0.921. The lowest BCUT2D eigenvalue weighted by molar-refractivity contribution is -0.167. The van der Waals surface area contributed by atoms with Gasteiger partial charge in [0.2, 0.25) is 0 Å². The van der Waals surface area contributed by atoms with Crippen molar-refractivity contribution in [3.05, 3.63) is 12.2 Å². The highest BCUT2D eigenvalue weighted by molar-refractivity contribution is 5.71.